The van der Waals surface area contributed by atoms with Crippen molar-refractivity contribution in [2.24, 2.45) is 0 Å². The van der Waals surface area contributed by atoms with E-state index in [1.807, 2.05) is 44.2 Å². The molecule has 0 bridgehead atoms. The van der Waals surface area contributed by atoms with Gasteiger partial charge in [0.15, 0.2) is 0 Å². The van der Waals surface area contributed by atoms with E-state index in [4.69, 9.17) is 11.6 Å². The second kappa shape index (κ2) is 13.7. The Hall–Kier alpha value is -3.47. The molecule has 0 saturated heterocycles. The molecule has 214 valence electrons. The van der Waals surface area contributed by atoms with Crippen molar-refractivity contribution in [3.05, 3.63) is 101 Å². The molecule has 3 aromatic carbocycles. The molecule has 40 heavy (non-hydrogen) atoms. The van der Waals surface area contributed by atoms with Crippen molar-refractivity contribution in [2.75, 3.05) is 24.9 Å². The van der Waals surface area contributed by atoms with Gasteiger partial charge in [-0.3, -0.25) is 9.59 Å². The van der Waals surface area contributed by atoms with Gasteiger partial charge in [-0.2, -0.15) is 12.7 Å². The van der Waals surface area contributed by atoms with Gasteiger partial charge in [0.2, 0.25) is 11.8 Å². The van der Waals surface area contributed by atoms with Gasteiger partial charge in [0, 0.05) is 38.1 Å². The summed E-state index contributed by atoms with van der Waals surface area (Å²) in [7, 11) is -1.69. The molecule has 0 aromatic heterocycles. The Kier molecular flexibility index (Phi) is 10.7. The predicted molar refractivity (Wildman–Crippen MR) is 156 cm³/mol. The molecule has 1 unspecified atom stereocenters. The monoisotopic (exact) mass is 588 g/mol. The molecule has 1 atom stereocenters. The summed E-state index contributed by atoms with van der Waals surface area (Å²) in [5, 5.41) is 3.32. The van der Waals surface area contributed by atoms with Crippen LogP contribution in [0.4, 0.5) is 10.1 Å². The van der Waals surface area contributed by atoms with Crippen molar-refractivity contribution in [1.82, 2.24) is 14.5 Å². The van der Waals surface area contributed by atoms with Crippen molar-refractivity contribution < 1.29 is 22.4 Å². The summed E-state index contributed by atoms with van der Waals surface area (Å²) in [5.41, 5.74) is 1.17. The largest absolute Gasteiger partial charge is 0.352 e. The number of carbonyl (C=O) groups excluding carboxylic acids is 2. The Morgan fingerprint density at radius 3 is 2.15 bits per heavy atom. The third-order valence-electron chi connectivity index (χ3n) is 6.08. The van der Waals surface area contributed by atoms with Crippen LogP contribution in [-0.2, 0) is 32.8 Å². The van der Waals surface area contributed by atoms with Crippen LogP contribution >= 0.6 is 11.6 Å². The fourth-order valence-corrected chi connectivity index (χ4v) is 5.40. The minimum absolute atomic E-state index is 0.0322. The van der Waals surface area contributed by atoms with Crippen molar-refractivity contribution in [2.45, 2.75) is 38.9 Å². The molecule has 0 aliphatic heterocycles. The zero-order valence-corrected chi connectivity index (χ0v) is 24.5. The predicted octanol–water partition coefficient (Wildman–Crippen LogP) is 4.26. The number of rotatable bonds is 12. The summed E-state index contributed by atoms with van der Waals surface area (Å²) in [5.74, 6) is -1.89. The smallest absolute Gasteiger partial charge is 0.304 e. The molecule has 0 aliphatic carbocycles. The first-order valence-electron chi connectivity index (χ1n) is 12.7. The van der Waals surface area contributed by atoms with Crippen LogP contribution in [0, 0.1) is 5.82 Å². The zero-order chi connectivity index (χ0) is 29.4. The van der Waals surface area contributed by atoms with E-state index < -0.39 is 40.4 Å². The minimum atomic E-state index is -4.29. The molecule has 0 fully saturated rings. The Morgan fingerprint density at radius 1 is 0.925 bits per heavy atom. The maximum Gasteiger partial charge on any atom is 0.304 e. The third-order valence-corrected chi connectivity index (χ3v) is 8.12. The van der Waals surface area contributed by atoms with Gasteiger partial charge in [-0.1, -0.05) is 66.2 Å². The number of halogens is 2. The number of benzene rings is 3. The minimum Gasteiger partial charge on any atom is -0.352 e. The summed E-state index contributed by atoms with van der Waals surface area (Å²) in [4.78, 5) is 29.0. The molecule has 0 spiro atoms. The highest BCUT2D eigenvalue weighted by Crippen LogP contribution is 2.24. The Balaban J connectivity index is 2.11. The maximum atomic E-state index is 14.9. The lowest BCUT2D eigenvalue weighted by Crippen LogP contribution is -2.55. The quantitative estimate of drug-likeness (QED) is 0.342. The van der Waals surface area contributed by atoms with Crippen LogP contribution in [-0.4, -0.2) is 62.2 Å². The Bertz CT molecular complexity index is 1420. The Labute approximate surface area is 240 Å². The van der Waals surface area contributed by atoms with Gasteiger partial charge in [0.05, 0.1) is 5.69 Å². The number of hydrogen-bond acceptors (Lipinski definition) is 4. The summed E-state index contributed by atoms with van der Waals surface area (Å²) in [6.45, 7) is 2.85. The van der Waals surface area contributed by atoms with E-state index in [1.54, 1.807) is 24.3 Å². The van der Waals surface area contributed by atoms with Crippen LogP contribution in [0.3, 0.4) is 0 Å². The summed E-state index contributed by atoms with van der Waals surface area (Å²) in [6, 6.07) is 20.2. The molecule has 11 heteroatoms. The standard InChI is InChI=1S/C29H34ClFN4O4S/c1-21(2)32-29(37)27(18-22-11-6-5-7-12-22)34(19-23-13-10-14-24(30)17-23)28(36)20-35(40(38,39)33(3)4)26-16-9-8-15-25(26)31/h5-17,21,27H,18-20H2,1-4H3,(H,32,37). The van der Waals surface area contributed by atoms with Gasteiger partial charge in [-0.05, 0) is 49.2 Å². The number of para-hydroxylation sites is 1. The molecular weight excluding hydrogens is 555 g/mol. The number of nitrogens with zero attached hydrogens (tertiary/aromatic N) is 3. The van der Waals surface area contributed by atoms with Crippen LogP contribution in [0.25, 0.3) is 0 Å². The molecule has 1 N–H and O–H groups in total. The van der Waals surface area contributed by atoms with Gasteiger partial charge in [0.25, 0.3) is 0 Å². The van der Waals surface area contributed by atoms with Crippen LogP contribution in [0.1, 0.15) is 25.0 Å². The molecule has 3 rings (SSSR count). The van der Waals surface area contributed by atoms with Crippen molar-refractivity contribution in [3.8, 4) is 0 Å². The highest BCUT2D eigenvalue weighted by atomic mass is 35.5. The molecule has 8 nitrogen and oxygen atoms in total. The fraction of sp³-hybridized carbons (Fsp3) is 0.310. The van der Waals surface area contributed by atoms with E-state index in [0.29, 0.717) is 10.6 Å². The molecule has 0 aliphatic rings. The first-order chi connectivity index (χ1) is 18.9. The number of anilines is 1. The van der Waals surface area contributed by atoms with Gasteiger partial charge in [-0.25, -0.2) is 8.70 Å². The summed E-state index contributed by atoms with van der Waals surface area (Å²) >= 11 is 6.21. The van der Waals surface area contributed by atoms with Crippen molar-refractivity contribution >= 4 is 39.3 Å². The lowest BCUT2D eigenvalue weighted by Gasteiger charge is -2.34. The molecule has 2 amide bonds. The third kappa shape index (κ3) is 8.03. The van der Waals surface area contributed by atoms with E-state index in [-0.39, 0.29) is 24.7 Å². The second-order valence-electron chi connectivity index (χ2n) is 9.77. The summed E-state index contributed by atoms with van der Waals surface area (Å²) in [6.07, 6.45) is 0.172. The molecular formula is C29H34ClFN4O4S. The van der Waals surface area contributed by atoms with Crippen LogP contribution in [0.15, 0.2) is 78.9 Å². The average molecular weight is 589 g/mol. The number of carbonyl (C=O) groups is 2. The lowest BCUT2D eigenvalue weighted by atomic mass is 10.0. The fourth-order valence-electron chi connectivity index (χ4n) is 4.12. The average Bonchev–Trinajstić information content (AvgIpc) is 2.89. The van der Waals surface area contributed by atoms with E-state index in [9.17, 15) is 22.4 Å². The molecule has 0 heterocycles. The van der Waals surface area contributed by atoms with E-state index >= 15 is 0 Å². The molecule has 0 radical (unpaired) electrons. The van der Waals surface area contributed by atoms with Gasteiger partial charge < -0.3 is 10.2 Å². The summed E-state index contributed by atoms with van der Waals surface area (Å²) < 4.78 is 43.1. The topological polar surface area (TPSA) is 90.0 Å². The van der Waals surface area contributed by atoms with Crippen LogP contribution in [0.2, 0.25) is 5.02 Å². The normalized spacial score (nSPS) is 12.3. The van der Waals surface area contributed by atoms with E-state index in [2.05, 4.69) is 5.32 Å². The van der Waals surface area contributed by atoms with Crippen LogP contribution in [0.5, 0.6) is 0 Å². The van der Waals surface area contributed by atoms with Gasteiger partial charge in [-0.15, -0.1) is 0 Å². The van der Waals surface area contributed by atoms with Crippen molar-refractivity contribution in [1.29, 1.82) is 0 Å². The molecule has 3 aromatic rings. The SMILES string of the molecule is CC(C)NC(=O)C(Cc1ccccc1)N(Cc1cccc(Cl)c1)C(=O)CN(c1ccccc1F)S(=O)(=O)N(C)C. The first-order valence-corrected chi connectivity index (χ1v) is 14.5. The highest BCUT2D eigenvalue weighted by Gasteiger charge is 2.35. The number of nitrogens with one attached hydrogen (secondary N) is 1. The van der Waals surface area contributed by atoms with Crippen LogP contribution < -0.4 is 9.62 Å². The maximum absolute atomic E-state index is 14.9. The highest BCUT2D eigenvalue weighted by molar-refractivity contribution is 7.90. The van der Waals surface area contributed by atoms with Gasteiger partial charge in [0.1, 0.15) is 18.4 Å². The van der Waals surface area contributed by atoms with E-state index in [0.717, 1.165) is 20.2 Å². The van der Waals surface area contributed by atoms with Gasteiger partial charge >= 0.3 is 10.2 Å². The first kappa shape index (κ1) is 31.1. The lowest BCUT2D eigenvalue weighted by molar-refractivity contribution is -0.140. The van der Waals surface area contributed by atoms with E-state index in [1.165, 1.54) is 37.2 Å². The molecule has 0 saturated carbocycles. The van der Waals surface area contributed by atoms with Crippen molar-refractivity contribution in [3.63, 3.8) is 0 Å². The Morgan fingerprint density at radius 2 is 1.55 bits per heavy atom. The second-order valence-corrected chi connectivity index (χ2v) is 12.3. The zero-order valence-electron chi connectivity index (χ0n) is 22.9. The number of hydrogen-bond donors (Lipinski definition) is 1. The number of amides is 2.